The van der Waals surface area contributed by atoms with Crippen molar-refractivity contribution in [1.29, 1.82) is 0 Å². The van der Waals surface area contributed by atoms with Crippen LogP contribution in [0.25, 0.3) is 0 Å². The van der Waals surface area contributed by atoms with E-state index in [-0.39, 0.29) is 28.3 Å². The van der Waals surface area contributed by atoms with Crippen molar-refractivity contribution in [3.05, 3.63) is 33.3 Å². The number of halogens is 1. The molecule has 0 amide bonds. The molecule has 0 heterocycles. The third-order valence-corrected chi connectivity index (χ3v) is 3.82. The Bertz CT molecular complexity index is 489. The second kappa shape index (κ2) is 4.40. The standard InChI is InChI=1S/C12H14ClNO4/c1-12(2)10(15)6-11(12)18-7-3-4-9(14(16)17)8(13)5-7/h3-5,10-11,15H,6H2,1-2H3. The zero-order valence-corrected chi connectivity index (χ0v) is 10.8. The molecule has 0 saturated heterocycles. The Kier molecular flexibility index (Phi) is 3.21. The van der Waals surface area contributed by atoms with Crippen LogP contribution < -0.4 is 4.74 Å². The van der Waals surface area contributed by atoms with E-state index in [4.69, 9.17) is 16.3 Å². The number of benzene rings is 1. The minimum absolute atomic E-state index is 0.0511. The molecule has 1 N–H and O–H groups in total. The Morgan fingerprint density at radius 2 is 2.22 bits per heavy atom. The Morgan fingerprint density at radius 1 is 1.56 bits per heavy atom. The molecule has 0 aromatic heterocycles. The summed E-state index contributed by atoms with van der Waals surface area (Å²) in [5.41, 5.74) is -0.453. The van der Waals surface area contributed by atoms with Gasteiger partial charge in [0.05, 0.1) is 11.0 Å². The van der Waals surface area contributed by atoms with Crippen LogP contribution in [0.1, 0.15) is 20.3 Å². The van der Waals surface area contributed by atoms with E-state index in [1.807, 2.05) is 13.8 Å². The van der Waals surface area contributed by atoms with Crippen LogP contribution in [0.2, 0.25) is 5.02 Å². The van der Waals surface area contributed by atoms with Crippen molar-refractivity contribution in [2.75, 3.05) is 0 Å². The third-order valence-electron chi connectivity index (χ3n) is 3.52. The maximum absolute atomic E-state index is 10.6. The lowest BCUT2D eigenvalue weighted by molar-refractivity contribution is -0.384. The van der Waals surface area contributed by atoms with Gasteiger partial charge in [-0.3, -0.25) is 10.1 Å². The van der Waals surface area contributed by atoms with Gasteiger partial charge in [-0.1, -0.05) is 25.4 Å². The van der Waals surface area contributed by atoms with Gasteiger partial charge in [0.2, 0.25) is 0 Å². The van der Waals surface area contributed by atoms with Crippen LogP contribution in [0.15, 0.2) is 18.2 Å². The molecular formula is C12H14ClNO4. The molecule has 2 rings (SSSR count). The highest BCUT2D eigenvalue weighted by Gasteiger charge is 2.49. The maximum atomic E-state index is 10.6. The average molecular weight is 272 g/mol. The van der Waals surface area contributed by atoms with E-state index in [0.717, 1.165) is 0 Å². The Labute approximate surface area is 109 Å². The number of ether oxygens (including phenoxy) is 1. The molecule has 0 spiro atoms. The minimum Gasteiger partial charge on any atom is -0.490 e. The molecule has 1 aliphatic rings. The lowest BCUT2D eigenvalue weighted by Crippen LogP contribution is -2.56. The second-order valence-electron chi connectivity index (χ2n) is 5.05. The van der Waals surface area contributed by atoms with Gasteiger partial charge in [0.15, 0.2) is 0 Å². The molecule has 6 heteroatoms. The summed E-state index contributed by atoms with van der Waals surface area (Å²) in [7, 11) is 0. The fraction of sp³-hybridized carbons (Fsp3) is 0.500. The number of nitro benzene ring substituents is 1. The number of nitro groups is 1. The first kappa shape index (κ1) is 13.1. The predicted molar refractivity (Wildman–Crippen MR) is 66.9 cm³/mol. The van der Waals surface area contributed by atoms with Crippen LogP contribution in [-0.2, 0) is 0 Å². The van der Waals surface area contributed by atoms with Crippen LogP contribution in [0, 0.1) is 15.5 Å². The Morgan fingerprint density at radius 3 is 2.67 bits per heavy atom. The number of rotatable bonds is 3. The zero-order chi connectivity index (χ0) is 13.5. The monoisotopic (exact) mass is 271 g/mol. The quantitative estimate of drug-likeness (QED) is 0.678. The SMILES string of the molecule is CC1(C)C(O)CC1Oc1ccc([N+](=O)[O-])c(Cl)c1. The lowest BCUT2D eigenvalue weighted by atomic mass is 9.66. The highest BCUT2D eigenvalue weighted by atomic mass is 35.5. The molecule has 1 aliphatic carbocycles. The van der Waals surface area contributed by atoms with Gasteiger partial charge in [-0.25, -0.2) is 0 Å². The summed E-state index contributed by atoms with van der Waals surface area (Å²) in [5, 5.41) is 20.3. The van der Waals surface area contributed by atoms with Crippen LogP contribution in [0.5, 0.6) is 5.75 Å². The van der Waals surface area contributed by atoms with Gasteiger partial charge in [-0.2, -0.15) is 0 Å². The molecule has 98 valence electrons. The molecule has 5 nitrogen and oxygen atoms in total. The van der Waals surface area contributed by atoms with Crippen LogP contribution >= 0.6 is 11.6 Å². The molecule has 1 aromatic rings. The normalized spacial score (nSPS) is 25.3. The molecular weight excluding hydrogens is 258 g/mol. The van der Waals surface area contributed by atoms with Crippen molar-refractivity contribution in [1.82, 2.24) is 0 Å². The number of aliphatic hydroxyl groups excluding tert-OH is 1. The first-order valence-corrected chi connectivity index (χ1v) is 5.99. The number of hydrogen-bond acceptors (Lipinski definition) is 4. The summed E-state index contributed by atoms with van der Waals surface area (Å²) in [6, 6.07) is 4.27. The van der Waals surface area contributed by atoms with Gasteiger partial charge < -0.3 is 9.84 Å². The fourth-order valence-corrected chi connectivity index (χ4v) is 2.18. The van der Waals surface area contributed by atoms with Crippen molar-refractivity contribution >= 4 is 17.3 Å². The number of aliphatic hydroxyl groups is 1. The summed E-state index contributed by atoms with van der Waals surface area (Å²) in [6.07, 6.45) is 0.0720. The molecule has 0 radical (unpaired) electrons. The van der Waals surface area contributed by atoms with Gasteiger partial charge in [0.25, 0.3) is 5.69 Å². The highest BCUT2D eigenvalue weighted by molar-refractivity contribution is 6.32. The Hall–Kier alpha value is -1.33. The first-order valence-electron chi connectivity index (χ1n) is 5.61. The molecule has 1 saturated carbocycles. The molecule has 2 unspecified atom stereocenters. The van der Waals surface area contributed by atoms with Gasteiger partial charge >= 0.3 is 0 Å². The van der Waals surface area contributed by atoms with E-state index in [1.54, 1.807) is 0 Å². The average Bonchev–Trinajstić information content (AvgIpc) is 2.28. The minimum atomic E-state index is -0.539. The second-order valence-corrected chi connectivity index (χ2v) is 5.46. The summed E-state index contributed by atoms with van der Waals surface area (Å²) >= 11 is 5.80. The van der Waals surface area contributed by atoms with E-state index in [0.29, 0.717) is 12.2 Å². The highest BCUT2D eigenvalue weighted by Crippen LogP contribution is 2.43. The van der Waals surface area contributed by atoms with E-state index in [2.05, 4.69) is 0 Å². The van der Waals surface area contributed by atoms with E-state index < -0.39 is 4.92 Å². The van der Waals surface area contributed by atoms with Gasteiger partial charge in [0, 0.05) is 24.0 Å². The maximum Gasteiger partial charge on any atom is 0.288 e. The molecule has 18 heavy (non-hydrogen) atoms. The first-order chi connectivity index (χ1) is 8.32. The van der Waals surface area contributed by atoms with Gasteiger partial charge in [-0.15, -0.1) is 0 Å². The molecule has 1 fully saturated rings. The van der Waals surface area contributed by atoms with Crippen molar-refractivity contribution < 1.29 is 14.8 Å². The number of nitrogens with zero attached hydrogens (tertiary/aromatic N) is 1. The van der Waals surface area contributed by atoms with Gasteiger partial charge in [-0.05, 0) is 6.07 Å². The summed E-state index contributed by atoms with van der Waals surface area (Å²) < 4.78 is 5.68. The fourth-order valence-electron chi connectivity index (χ4n) is 1.94. The van der Waals surface area contributed by atoms with E-state index >= 15 is 0 Å². The molecule has 2 atom stereocenters. The molecule has 1 aromatic carbocycles. The van der Waals surface area contributed by atoms with Crippen molar-refractivity contribution in [3.63, 3.8) is 0 Å². The summed E-state index contributed by atoms with van der Waals surface area (Å²) in [5.74, 6) is 0.482. The topological polar surface area (TPSA) is 72.6 Å². The van der Waals surface area contributed by atoms with Crippen LogP contribution in [-0.4, -0.2) is 22.2 Å². The lowest BCUT2D eigenvalue weighted by Gasteiger charge is -2.48. The third kappa shape index (κ3) is 2.15. The van der Waals surface area contributed by atoms with Crippen LogP contribution in [0.3, 0.4) is 0 Å². The number of hydrogen-bond donors (Lipinski definition) is 1. The van der Waals surface area contributed by atoms with E-state index in [9.17, 15) is 15.2 Å². The molecule has 0 bridgehead atoms. The van der Waals surface area contributed by atoms with Crippen LogP contribution in [0.4, 0.5) is 5.69 Å². The largest absolute Gasteiger partial charge is 0.490 e. The molecule has 0 aliphatic heterocycles. The smallest absolute Gasteiger partial charge is 0.288 e. The van der Waals surface area contributed by atoms with E-state index in [1.165, 1.54) is 18.2 Å². The van der Waals surface area contributed by atoms with Gasteiger partial charge in [0.1, 0.15) is 16.9 Å². The van der Waals surface area contributed by atoms with Crippen molar-refractivity contribution in [2.45, 2.75) is 32.5 Å². The van der Waals surface area contributed by atoms with Crippen molar-refractivity contribution in [2.24, 2.45) is 5.41 Å². The van der Waals surface area contributed by atoms with Crippen molar-refractivity contribution in [3.8, 4) is 5.75 Å². The summed E-state index contributed by atoms with van der Waals surface area (Å²) in [6.45, 7) is 3.83. The predicted octanol–water partition coefficient (Wildman–Crippen LogP) is 2.79. The summed E-state index contributed by atoms with van der Waals surface area (Å²) in [4.78, 5) is 10.1. The Balaban J connectivity index is 2.12. The zero-order valence-electron chi connectivity index (χ0n) is 10.1.